The van der Waals surface area contributed by atoms with Crippen LogP contribution in [-0.2, 0) is 9.59 Å². The SMILES string of the molecule is [2H]C1=C2C([2H])([2H])CC3C([C@@H](O)CC4(C)C3CC[C@]4([2H])C(=O)C([2H])([2H])O)C2(C)CC([2H])([2H])C1=O. The Kier molecular flexibility index (Phi) is 2.38. The largest absolute Gasteiger partial charge is 0.393 e. The van der Waals surface area contributed by atoms with Crippen LogP contribution in [0.4, 0.5) is 0 Å². The molecule has 0 aliphatic heterocycles. The quantitative estimate of drug-likeness (QED) is 0.799. The summed E-state index contributed by atoms with van der Waals surface area (Å²) in [5.41, 5.74) is -2.64. The molecule has 3 fully saturated rings. The topological polar surface area (TPSA) is 74.6 Å². The number of hydrogen-bond donors (Lipinski definition) is 2. The number of Topliss-reactive ketones (excluding diaryl/α,β-unsaturated/α-hetero) is 1. The summed E-state index contributed by atoms with van der Waals surface area (Å²) >= 11 is 0. The Morgan fingerprint density at radius 2 is 2.20 bits per heavy atom. The summed E-state index contributed by atoms with van der Waals surface area (Å²) in [5.74, 6) is -6.08. The number of ketones is 2. The second kappa shape index (κ2) is 5.75. The lowest BCUT2D eigenvalue weighted by Gasteiger charge is -2.59. The number of allylic oxidation sites excluding steroid dienone is 1. The molecule has 3 saturated carbocycles. The lowest BCUT2D eigenvalue weighted by atomic mass is 9.46. The van der Waals surface area contributed by atoms with Gasteiger partial charge in [-0.05, 0) is 73.1 Å². The third-order valence-corrected chi connectivity index (χ3v) is 7.29. The first-order valence-electron chi connectivity index (χ1n) is 13.0. The number of aliphatic hydroxyl groups excluding tert-OH is 1. The number of fused-ring (bicyclic) bond motifs is 5. The summed E-state index contributed by atoms with van der Waals surface area (Å²) < 4.78 is 66.0. The van der Waals surface area contributed by atoms with Gasteiger partial charge < -0.3 is 10.2 Å². The van der Waals surface area contributed by atoms with Gasteiger partial charge in [-0.15, -0.1) is 0 Å². The molecule has 0 aromatic carbocycles. The fourth-order valence-corrected chi connectivity index (χ4v) is 6.20. The van der Waals surface area contributed by atoms with Gasteiger partial charge in [-0.25, -0.2) is 0 Å². The Balaban J connectivity index is 1.86. The van der Waals surface area contributed by atoms with Crippen molar-refractivity contribution in [3.05, 3.63) is 11.6 Å². The zero-order chi connectivity index (χ0) is 25.2. The third kappa shape index (κ3) is 2.33. The van der Waals surface area contributed by atoms with Crippen molar-refractivity contribution in [2.75, 3.05) is 6.56 Å². The summed E-state index contributed by atoms with van der Waals surface area (Å²) in [7, 11) is 0. The van der Waals surface area contributed by atoms with Crippen molar-refractivity contribution in [1.82, 2.24) is 0 Å². The van der Waals surface area contributed by atoms with E-state index in [4.69, 9.17) is 11.0 Å². The Hall–Kier alpha value is -1.00. The average Bonchev–Trinajstić information content (AvgIpc) is 2.88. The van der Waals surface area contributed by atoms with Gasteiger partial charge in [0, 0.05) is 19.1 Å². The molecule has 0 amide bonds. The summed E-state index contributed by atoms with van der Waals surface area (Å²) in [6.45, 7) is -0.00389. The second-order valence-corrected chi connectivity index (χ2v) is 8.42. The van der Waals surface area contributed by atoms with Crippen LogP contribution in [0, 0.1) is 34.5 Å². The molecule has 0 bridgehead atoms. The standard InChI is InChI=1S/C21H30O4/c1-20-8-7-13(23)9-12(20)3-4-14-15-5-6-16(18(25)11-22)21(15,2)10-17(24)19(14)20/h9,14-17,19,22,24H,3-8,10-11H2,1-2H3/t14?,15?,16-,17+,19?,20?,21?/m1/s1/i3D2,7D2,9D,11D2,16D. The predicted molar refractivity (Wildman–Crippen MR) is 93.7 cm³/mol. The van der Waals surface area contributed by atoms with Gasteiger partial charge in [0.2, 0.25) is 0 Å². The Labute approximate surface area is 160 Å². The van der Waals surface area contributed by atoms with Gasteiger partial charge in [-0.3, -0.25) is 9.59 Å². The smallest absolute Gasteiger partial charge is 0.161 e. The van der Waals surface area contributed by atoms with E-state index >= 15 is 0 Å². The van der Waals surface area contributed by atoms with E-state index in [0.29, 0.717) is 6.42 Å². The molecule has 4 nitrogen and oxygen atoms in total. The highest BCUT2D eigenvalue weighted by Gasteiger charge is 2.62. The normalized spacial score (nSPS) is 61.7. The average molecular weight is 355 g/mol. The van der Waals surface area contributed by atoms with E-state index in [2.05, 4.69) is 0 Å². The maximum Gasteiger partial charge on any atom is 0.161 e. The summed E-state index contributed by atoms with van der Waals surface area (Å²) in [4.78, 5) is 25.3. The molecular weight excluding hydrogens is 316 g/mol. The number of rotatable bonds is 2. The van der Waals surface area contributed by atoms with Crippen LogP contribution in [0.3, 0.4) is 0 Å². The van der Waals surface area contributed by atoms with Crippen molar-refractivity contribution < 1.29 is 30.8 Å². The molecular formula is C21H30O4. The third-order valence-electron chi connectivity index (χ3n) is 7.29. The van der Waals surface area contributed by atoms with Crippen LogP contribution < -0.4 is 0 Å². The van der Waals surface area contributed by atoms with Gasteiger partial charge in [-0.2, -0.15) is 0 Å². The first kappa shape index (κ1) is 10.4. The van der Waals surface area contributed by atoms with Crippen LogP contribution in [0.2, 0.25) is 0 Å². The molecule has 2 N–H and O–H groups in total. The highest BCUT2D eigenvalue weighted by molar-refractivity contribution is 5.91. The highest BCUT2D eigenvalue weighted by Crippen LogP contribution is 2.66. The van der Waals surface area contributed by atoms with E-state index in [1.54, 1.807) is 13.8 Å². The van der Waals surface area contributed by atoms with Crippen molar-refractivity contribution in [1.29, 1.82) is 0 Å². The van der Waals surface area contributed by atoms with Gasteiger partial charge in [-0.1, -0.05) is 19.4 Å². The lowest BCUT2D eigenvalue weighted by molar-refractivity contribution is -0.146. The zero-order valence-electron chi connectivity index (χ0n) is 22.6. The van der Waals surface area contributed by atoms with E-state index < -0.39 is 77.5 Å². The van der Waals surface area contributed by atoms with Crippen LogP contribution in [0.15, 0.2) is 11.6 Å². The Morgan fingerprint density at radius 1 is 1.44 bits per heavy atom. The molecule has 0 radical (unpaired) electrons. The molecule has 4 aliphatic rings. The van der Waals surface area contributed by atoms with E-state index in [1.807, 2.05) is 0 Å². The van der Waals surface area contributed by atoms with Gasteiger partial charge in [0.25, 0.3) is 0 Å². The first-order valence-corrected chi connectivity index (χ1v) is 8.96. The maximum absolute atomic E-state index is 12.8. The van der Waals surface area contributed by atoms with Gasteiger partial charge in [0.05, 0.1) is 10.2 Å². The molecule has 0 aromatic heterocycles. The Bertz CT molecular complexity index is 958. The molecule has 7 atom stereocenters. The maximum atomic E-state index is 12.8. The van der Waals surface area contributed by atoms with Crippen molar-refractivity contribution in [3.63, 3.8) is 0 Å². The summed E-state index contributed by atoms with van der Waals surface area (Å²) in [6.07, 6.45) is -6.07. The molecule has 0 spiro atoms. The number of carbonyl (C=O) groups is 2. The zero-order valence-corrected chi connectivity index (χ0v) is 14.6. The van der Waals surface area contributed by atoms with Crippen LogP contribution >= 0.6 is 0 Å². The van der Waals surface area contributed by atoms with Crippen LogP contribution in [-0.4, -0.2) is 34.4 Å². The highest BCUT2D eigenvalue weighted by atomic mass is 16.3. The summed E-state index contributed by atoms with van der Waals surface area (Å²) in [6, 6.07) is -0.678. The lowest BCUT2D eigenvalue weighted by Crippen LogP contribution is -2.57. The molecule has 0 aromatic rings. The van der Waals surface area contributed by atoms with Crippen molar-refractivity contribution in [2.24, 2.45) is 34.5 Å². The molecule has 4 rings (SSSR count). The fourth-order valence-electron chi connectivity index (χ4n) is 6.20. The monoisotopic (exact) mass is 354 g/mol. The van der Waals surface area contributed by atoms with Crippen LogP contribution in [0.25, 0.3) is 0 Å². The van der Waals surface area contributed by atoms with E-state index in [-0.39, 0.29) is 31.3 Å². The van der Waals surface area contributed by atoms with Crippen LogP contribution in [0.1, 0.15) is 69.7 Å². The van der Waals surface area contributed by atoms with Gasteiger partial charge in [0.15, 0.2) is 11.6 Å². The molecule has 5 unspecified atom stereocenters. The van der Waals surface area contributed by atoms with Gasteiger partial charge >= 0.3 is 0 Å². The molecule has 0 saturated heterocycles. The van der Waals surface area contributed by atoms with Crippen LogP contribution in [0.5, 0.6) is 0 Å². The predicted octanol–water partition coefficient (Wildman–Crippen LogP) is 2.67. The van der Waals surface area contributed by atoms with E-state index in [1.165, 1.54) is 0 Å². The van der Waals surface area contributed by atoms with Crippen molar-refractivity contribution in [3.8, 4) is 0 Å². The molecule has 0 heterocycles. The molecule has 4 heteroatoms. The van der Waals surface area contributed by atoms with E-state index in [9.17, 15) is 19.8 Å². The minimum Gasteiger partial charge on any atom is -0.393 e. The molecule has 25 heavy (non-hydrogen) atoms. The van der Waals surface area contributed by atoms with Crippen molar-refractivity contribution >= 4 is 11.6 Å². The minimum absolute atomic E-state index is 0.0472. The van der Waals surface area contributed by atoms with Gasteiger partial charge in [0.1, 0.15) is 6.56 Å². The second-order valence-electron chi connectivity index (χ2n) is 8.42. The molecule has 4 aliphatic carbocycles. The number of carbonyl (C=O) groups excluding carboxylic acids is 2. The number of aliphatic hydroxyl groups is 2. The van der Waals surface area contributed by atoms with Crippen molar-refractivity contribution in [2.45, 2.75) is 64.8 Å². The minimum atomic E-state index is -3.22. The summed E-state index contributed by atoms with van der Waals surface area (Å²) in [5, 5.41) is 21.1. The van der Waals surface area contributed by atoms with E-state index in [0.717, 1.165) is 0 Å². The Morgan fingerprint density at radius 3 is 2.92 bits per heavy atom. The molecule has 138 valence electrons. The first-order chi connectivity index (χ1) is 14.7. The fraction of sp³-hybridized carbons (Fsp3) is 0.810. The number of hydrogen-bond acceptors (Lipinski definition) is 4.